The lowest BCUT2D eigenvalue weighted by Gasteiger charge is -2.15. The molecule has 0 heterocycles. The molecule has 1 saturated carbocycles. The summed E-state index contributed by atoms with van der Waals surface area (Å²) < 4.78 is 0. The van der Waals surface area contributed by atoms with Crippen molar-refractivity contribution in [3.8, 4) is 6.07 Å². The topological polar surface area (TPSA) is 40.9 Å². The van der Waals surface area contributed by atoms with Crippen LogP contribution in [0.2, 0.25) is 0 Å². The SMILES string of the molecule is Cc1ccc(C(C#N)C(=O)C(C)C2CC2)cc1C. The summed E-state index contributed by atoms with van der Waals surface area (Å²) in [5.74, 6) is 0.0271. The number of hydrogen-bond donors (Lipinski definition) is 0. The van der Waals surface area contributed by atoms with Crippen LogP contribution in [-0.4, -0.2) is 5.78 Å². The van der Waals surface area contributed by atoms with Gasteiger partial charge in [0.25, 0.3) is 0 Å². The zero-order valence-corrected chi connectivity index (χ0v) is 11.2. The zero-order valence-electron chi connectivity index (χ0n) is 11.2. The molecule has 0 radical (unpaired) electrons. The third-order valence-corrected chi connectivity index (χ3v) is 4.06. The van der Waals surface area contributed by atoms with Crippen molar-refractivity contribution in [3.63, 3.8) is 0 Å². The van der Waals surface area contributed by atoms with Gasteiger partial charge in [-0.25, -0.2) is 0 Å². The minimum atomic E-state index is -0.597. The molecule has 2 atom stereocenters. The highest BCUT2D eigenvalue weighted by Crippen LogP contribution is 2.39. The lowest BCUT2D eigenvalue weighted by Crippen LogP contribution is -2.20. The van der Waals surface area contributed by atoms with Crippen molar-refractivity contribution in [2.45, 2.75) is 39.5 Å². The molecule has 2 rings (SSSR count). The van der Waals surface area contributed by atoms with Crippen molar-refractivity contribution < 1.29 is 4.79 Å². The molecule has 0 amide bonds. The number of nitriles is 1. The van der Waals surface area contributed by atoms with Crippen LogP contribution >= 0.6 is 0 Å². The van der Waals surface area contributed by atoms with E-state index >= 15 is 0 Å². The molecule has 0 aromatic heterocycles. The molecule has 0 aliphatic heterocycles. The lowest BCUT2D eigenvalue weighted by molar-refractivity contribution is -0.123. The quantitative estimate of drug-likeness (QED) is 0.809. The summed E-state index contributed by atoms with van der Waals surface area (Å²) in [7, 11) is 0. The fourth-order valence-electron chi connectivity index (χ4n) is 2.34. The van der Waals surface area contributed by atoms with E-state index in [-0.39, 0.29) is 11.7 Å². The first-order chi connectivity index (χ1) is 8.54. The molecule has 0 bridgehead atoms. The Balaban J connectivity index is 2.24. The van der Waals surface area contributed by atoms with Crippen LogP contribution < -0.4 is 0 Å². The second-order valence-electron chi connectivity index (χ2n) is 5.43. The number of aryl methyl sites for hydroxylation is 2. The van der Waals surface area contributed by atoms with Crippen molar-refractivity contribution in [1.82, 2.24) is 0 Å². The minimum Gasteiger partial charge on any atom is -0.298 e. The molecule has 2 heteroatoms. The van der Waals surface area contributed by atoms with Crippen LogP contribution in [0.15, 0.2) is 18.2 Å². The van der Waals surface area contributed by atoms with E-state index in [1.807, 2.05) is 39.0 Å². The van der Waals surface area contributed by atoms with E-state index in [2.05, 4.69) is 6.07 Å². The normalized spacial score (nSPS) is 17.9. The van der Waals surface area contributed by atoms with Crippen LogP contribution in [-0.2, 0) is 4.79 Å². The summed E-state index contributed by atoms with van der Waals surface area (Å²) in [6, 6.07) is 8.05. The standard InChI is InChI=1S/C16H19NO/c1-10-4-5-14(8-11(10)2)15(9-17)16(18)12(3)13-6-7-13/h4-5,8,12-13,15H,6-7H2,1-3H3. The van der Waals surface area contributed by atoms with Crippen LogP contribution in [0.25, 0.3) is 0 Å². The van der Waals surface area contributed by atoms with E-state index in [1.54, 1.807) is 0 Å². The summed E-state index contributed by atoms with van der Waals surface area (Å²) in [5.41, 5.74) is 3.18. The maximum Gasteiger partial charge on any atom is 0.157 e. The Morgan fingerprint density at radius 2 is 2.00 bits per heavy atom. The largest absolute Gasteiger partial charge is 0.298 e. The summed E-state index contributed by atoms with van der Waals surface area (Å²) in [4.78, 5) is 12.3. The van der Waals surface area contributed by atoms with Crippen LogP contribution in [0.3, 0.4) is 0 Å². The van der Waals surface area contributed by atoms with Crippen molar-refractivity contribution in [3.05, 3.63) is 34.9 Å². The van der Waals surface area contributed by atoms with Gasteiger partial charge in [0.15, 0.2) is 5.78 Å². The predicted molar refractivity (Wildman–Crippen MR) is 71.2 cm³/mol. The van der Waals surface area contributed by atoms with Gasteiger partial charge in [0.05, 0.1) is 6.07 Å². The first-order valence-electron chi connectivity index (χ1n) is 6.55. The number of ketones is 1. The first kappa shape index (κ1) is 12.8. The maximum absolute atomic E-state index is 12.3. The molecule has 1 aromatic rings. The third kappa shape index (κ3) is 2.46. The van der Waals surface area contributed by atoms with Gasteiger partial charge in [0.2, 0.25) is 0 Å². The number of carbonyl (C=O) groups excluding carboxylic acids is 1. The number of benzene rings is 1. The molecule has 0 spiro atoms. The molecule has 1 aliphatic carbocycles. The van der Waals surface area contributed by atoms with E-state index in [0.29, 0.717) is 5.92 Å². The van der Waals surface area contributed by atoms with Gasteiger partial charge < -0.3 is 0 Å². The lowest BCUT2D eigenvalue weighted by atomic mass is 9.86. The Hall–Kier alpha value is -1.62. The zero-order chi connectivity index (χ0) is 13.3. The van der Waals surface area contributed by atoms with Gasteiger partial charge in [0, 0.05) is 5.92 Å². The third-order valence-electron chi connectivity index (χ3n) is 4.06. The Morgan fingerprint density at radius 1 is 1.33 bits per heavy atom. The smallest absolute Gasteiger partial charge is 0.157 e. The van der Waals surface area contributed by atoms with Gasteiger partial charge in [-0.05, 0) is 49.3 Å². The fraction of sp³-hybridized carbons (Fsp3) is 0.500. The Labute approximate surface area is 109 Å². The van der Waals surface area contributed by atoms with Crippen LogP contribution in [0.5, 0.6) is 0 Å². The molecule has 2 unspecified atom stereocenters. The number of Topliss-reactive ketones (excluding diaryl/α,β-unsaturated/α-hetero) is 1. The molecule has 18 heavy (non-hydrogen) atoms. The van der Waals surface area contributed by atoms with Crippen molar-refractivity contribution in [2.75, 3.05) is 0 Å². The Kier molecular flexibility index (Phi) is 3.52. The summed E-state index contributed by atoms with van der Waals surface area (Å²) in [6.07, 6.45) is 2.27. The van der Waals surface area contributed by atoms with Gasteiger partial charge in [-0.1, -0.05) is 25.1 Å². The second kappa shape index (κ2) is 4.94. The van der Waals surface area contributed by atoms with E-state index in [1.165, 1.54) is 5.56 Å². The molecule has 1 aromatic carbocycles. The molecule has 94 valence electrons. The Bertz CT molecular complexity index is 508. The van der Waals surface area contributed by atoms with E-state index < -0.39 is 5.92 Å². The average Bonchev–Trinajstić information content (AvgIpc) is 3.17. The molecule has 0 saturated heterocycles. The molecular formula is C16H19NO. The highest BCUT2D eigenvalue weighted by atomic mass is 16.1. The molecule has 1 aliphatic rings. The summed E-state index contributed by atoms with van der Waals surface area (Å²) >= 11 is 0. The summed E-state index contributed by atoms with van der Waals surface area (Å²) in [5, 5.41) is 9.29. The number of hydrogen-bond acceptors (Lipinski definition) is 2. The minimum absolute atomic E-state index is 0.0243. The molecule has 2 nitrogen and oxygen atoms in total. The highest BCUT2D eigenvalue weighted by molar-refractivity contribution is 5.90. The van der Waals surface area contributed by atoms with E-state index in [0.717, 1.165) is 24.0 Å². The first-order valence-corrected chi connectivity index (χ1v) is 6.55. The average molecular weight is 241 g/mol. The second-order valence-corrected chi connectivity index (χ2v) is 5.43. The van der Waals surface area contributed by atoms with E-state index in [9.17, 15) is 10.1 Å². The van der Waals surface area contributed by atoms with Gasteiger partial charge in [-0.15, -0.1) is 0 Å². The number of nitrogens with zero attached hydrogens (tertiary/aromatic N) is 1. The predicted octanol–water partition coefficient (Wildman–Crippen LogP) is 3.53. The highest BCUT2D eigenvalue weighted by Gasteiger charge is 2.36. The van der Waals surface area contributed by atoms with Crippen LogP contribution in [0, 0.1) is 37.0 Å². The van der Waals surface area contributed by atoms with Gasteiger partial charge >= 0.3 is 0 Å². The van der Waals surface area contributed by atoms with Crippen molar-refractivity contribution in [2.24, 2.45) is 11.8 Å². The number of rotatable bonds is 4. The van der Waals surface area contributed by atoms with Crippen LogP contribution in [0.4, 0.5) is 0 Å². The fourth-order valence-corrected chi connectivity index (χ4v) is 2.34. The number of carbonyl (C=O) groups is 1. The van der Waals surface area contributed by atoms with Gasteiger partial charge in [-0.3, -0.25) is 4.79 Å². The monoisotopic (exact) mass is 241 g/mol. The summed E-state index contributed by atoms with van der Waals surface area (Å²) in [6.45, 7) is 6.02. The van der Waals surface area contributed by atoms with Gasteiger partial charge in [-0.2, -0.15) is 5.26 Å². The Morgan fingerprint density at radius 3 is 2.50 bits per heavy atom. The molecular weight excluding hydrogens is 222 g/mol. The van der Waals surface area contributed by atoms with Crippen LogP contribution in [0.1, 0.15) is 42.4 Å². The molecule has 0 N–H and O–H groups in total. The maximum atomic E-state index is 12.3. The van der Waals surface area contributed by atoms with Crippen molar-refractivity contribution in [1.29, 1.82) is 5.26 Å². The van der Waals surface area contributed by atoms with Crippen molar-refractivity contribution >= 4 is 5.78 Å². The van der Waals surface area contributed by atoms with Gasteiger partial charge in [0.1, 0.15) is 5.92 Å². The molecule has 1 fully saturated rings. The van der Waals surface area contributed by atoms with E-state index in [4.69, 9.17) is 0 Å².